The van der Waals surface area contributed by atoms with Crippen LogP contribution in [-0.2, 0) is 16.0 Å². The Balaban J connectivity index is 1.37. The summed E-state index contributed by atoms with van der Waals surface area (Å²) in [4.78, 5) is 22.7. The Bertz CT molecular complexity index is 610. The molecule has 1 aliphatic carbocycles. The first-order valence-electron chi connectivity index (χ1n) is 8.72. The minimum Gasteiger partial charge on any atom is -0.478 e. The molecule has 25 heavy (non-hydrogen) atoms. The Labute approximate surface area is 146 Å². The van der Waals surface area contributed by atoms with Crippen LogP contribution in [0.15, 0.2) is 24.3 Å². The standard InChI is InChI=1S/C18H24N2O5/c21-16(22)14-6-4-13(5-7-14)10-19-17(23)20-11-15-12-24-18(25-15)8-2-1-3-9-18/h4-7,15H,1-3,8-12H2,(H,21,22)(H2,19,20,23). The van der Waals surface area contributed by atoms with Gasteiger partial charge in [0.1, 0.15) is 6.10 Å². The zero-order valence-corrected chi connectivity index (χ0v) is 14.1. The predicted octanol–water partition coefficient (Wildman–Crippen LogP) is 2.26. The maximum absolute atomic E-state index is 11.9. The normalized spacial score (nSPS) is 21.8. The quantitative estimate of drug-likeness (QED) is 0.758. The second-order valence-corrected chi connectivity index (χ2v) is 6.59. The fraction of sp³-hybridized carbons (Fsp3) is 0.556. The van der Waals surface area contributed by atoms with Crippen LogP contribution in [0.5, 0.6) is 0 Å². The molecule has 0 radical (unpaired) electrons. The van der Waals surface area contributed by atoms with Gasteiger partial charge in [-0.25, -0.2) is 9.59 Å². The second-order valence-electron chi connectivity index (χ2n) is 6.59. The highest BCUT2D eigenvalue weighted by atomic mass is 16.7. The third-order valence-electron chi connectivity index (χ3n) is 4.67. The van der Waals surface area contributed by atoms with E-state index in [9.17, 15) is 9.59 Å². The van der Waals surface area contributed by atoms with Gasteiger partial charge in [0.2, 0.25) is 0 Å². The van der Waals surface area contributed by atoms with Gasteiger partial charge in [0.05, 0.1) is 12.2 Å². The van der Waals surface area contributed by atoms with E-state index >= 15 is 0 Å². The summed E-state index contributed by atoms with van der Waals surface area (Å²) < 4.78 is 11.9. The summed E-state index contributed by atoms with van der Waals surface area (Å²) >= 11 is 0. The zero-order chi connectivity index (χ0) is 17.7. The highest BCUT2D eigenvalue weighted by Crippen LogP contribution is 2.37. The molecule has 1 aromatic rings. The second kappa shape index (κ2) is 7.84. The number of ether oxygens (including phenoxy) is 2. The number of carboxylic acids is 1. The summed E-state index contributed by atoms with van der Waals surface area (Å²) in [6, 6.07) is 6.12. The van der Waals surface area contributed by atoms with Crippen molar-refractivity contribution in [3.8, 4) is 0 Å². The molecule has 1 atom stereocenters. The van der Waals surface area contributed by atoms with E-state index < -0.39 is 11.8 Å². The number of carbonyl (C=O) groups is 2. The van der Waals surface area contributed by atoms with Gasteiger partial charge in [-0.15, -0.1) is 0 Å². The molecule has 1 saturated carbocycles. The van der Waals surface area contributed by atoms with Gasteiger partial charge in [0.25, 0.3) is 0 Å². The van der Waals surface area contributed by atoms with Gasteiger partial charge >= 0.3 is 12.0 Å². The fourth-order valence-electron chi connectivity index (χ4n) is 3.29. The van der Waals surface area contributed by atoms with E-state index in [0.717, 1.165) is 31.2 Å². The molecule has 1 saturated heterocycles. The van der Waals surface area contributed by atoms with E-state index in [0.29, 0.717) is 19.7 Å². The van der Waals surface area contributed by atoms with Crippen LogP contribution in [-0.4, -0.2) is 42.1 Å². The van der Waals surface area contributed by atoms with Crippen LogP contribution in [0.4, 0.5) is 4.79 Å². The molecule has 2 aliphatic rings. The van der Waals surface area contributed by atoms with Crippen LogP contribution in [0, 0.1) is 0 Å². The first-order chi connectivity index (χ1) is 12.1. The average Bonchev–Trinajstić information content (AvgIpc) is 3.01. The summed E-state index contributed by atoms with van der Waals surface area (Å²) in [6.07, 6.45) is 5.23. The number of nitrogens with one attached hydrogen (secondary N) is 2. The van der Waals surface area contributed by atoms with Gasteiger partial charge in [-0.05, 0) is 30.5 Å². The lowest BCUT2D eigenvalue weighted by molar-refractivity contribution is -0.186. The minimum absolute atomic E-state index is 0.112. The van der Waals surface area contributed by atoms with Crippen LogP contribution in [0.3, 0.4) is 0 Å². The van der Waals surface area contributed by atoms with Crippen molar-refractivity contribution < 1.29 is 24.2 Å². The molecule has 0 aromatic heterocycles. The van der Waals surface area contributed by atoms with Gasteiger partial charge in [-0.3, -0.25) is 0 Å². The fourth-order valence-corrected chi connectivity index (χ4v) is 3.29. The number of amides is 2. The monoisotopic (exact) mass is 348 g/mol. The van der Waals surface area contributed by atoms with Gasteiger partial charge in [0, 0.05) is 25.9 Å². The molecule has 0 bridgehead atoms. The van der Waals surface area contributed by atoms with Crippen molar-refractivity contribution in [3.63, 3.8) is 0 Å². The summed E-state index contributed by atoms with van der Waals surface area (Å²) in [5.74, 6) is -1.39. The molecule has 3 N–H and O–H groups in total. The summed E-state index contributed by atoms with van der Waals surface area (Å²) in [5.41, 5.74) is 1.06. The first-order valence-corrected chi connectivity index (χ1v) is 8.72. The first kappa shape index (κ1) is 17.7. The Morgan fingerprint density at radius 1 is 1.12 bits per heavy atom. The molecule has 1 spiro atoms. The zero-order valence-electron chi connectivity index (χ0n) is 14.1. The van der Waals surface area contributed by atoms with Crippen LogP contribution in [0.2, 0.25) is 0 Å². The highest BCUT2D eigenvalue weighted by Gasteiger charge is 2.42. The molecular weight excluding hydrogens is 324 g/mol. The number of urea groups is 1. The molecule has 1 aromatic carbocycles. The minimum atomic E-state index is -0.966. The topological polar surface area (TPSA) is 96.9 Å². The number of hydrogen-bond donors (Lipinski definition) is 3. The van der Waals surface area contributed by atoms with Gasteiger partial charge in [-0.2, -0.15) is 0 Å². The van der Waals surface area contributed by atoms with Crippen LogP contribution >= 0.6 is 0 Å². The van der Waals surface area contributed by atoms with Crippen LogP contribution in [0.1, 0.15) is 48.0 Å². The maximum Gasteiger partial charge on any atom is 0.335 e. The van der Waals surface area contributed by atoms with Gasteiger partial charge in [-0.1, -0.05) is 18.6 Å². The van der Waals surface area contributed by atoms with E-state index in [-0.39, 0.29) is 17.7 Å². The molecule has 136 valence electrons. The number of carboxylic acid groups (broad SMARTS) is 1. The van der Waals surface area contributed by atoms with Crippen molar-refractivity contribution in [2.45, 2.75) is 50.5 Å². The predicted molar refractivity (Wildman–Crippen MR) is 90.3 cm³/mol. The van der Waals surface area contributed by atoms with E-state index in [4.69, 9.17) is 14.6 Å². The summed E-state index contributed by atoms with van der Waals surface area (Å²) in [6.45, 7) is 1.25. The molecule has 1 aliphatic heterocycles. The van der Waals surface area contributed by atoms with E-state index in [1.54, 1.807) is 12.1 Å². The molecule has 1 heterocycles. The van der Waals surface area contributed by atoms with Crippen molar-refractivity contribution in [3.05, 3.63) is 35.4 Å². The average molecular weight is 348 g/mol. The number of hydrogen-bond acceptors (Lipinski definition) is 4. The molecule has 2 fully saturated rings. The number of rotatable bonds is 5. The van der Waals surface area contributed by atoms with Crippen molar-refractivity contribution in [2.75, 3.05) is 13.2 Å². The van der Waals surface area contributed by atoms with Crippen molar-refractivity contribution in [1.29, 1.82) is 0 Å². The van der Waals surface area contributed by atoms with Crippen molar-refractivity contribution in [1.82, 2.24) is 10.6 Å². The number of benzene rings is 1. The number of carbonyl (C=O) groups excluding carboxylic acids is 1. The van der Waals surface area contributed by atoms with Gasteiger partial charge in [0.15, 0.2) is 5.79 Å². The summed E-state index contributed by atoms with van der Waals surface area (Å²) in [7, 11) is 0. The van der Waals surface area contributed by atoms with E-state index in [1.807, 2.05) is 0 Å². The van der Waals surface area contributed by atoms with E-state index in [2.05, 4.69) is 10.6 Å². The molecular formula is C18H24N2O5. The van der Waals surface area contributed by atoms with Crippen molar-refractivity contribution >= 4 is 12.0 Å². The lowest BCUT2D eigenvalue weighted by atomic mass is 9.94. The van der Waals surface area contributed by atoms with Crippen LogP contribution < -0.4 is 10.6 Å². The largest absolute Gasteiger partial charge is 0.478 e. The lowest BCUT2D eigenvalue weighted by Gasteiger charge is -2.31. The summed E-state index contributed by atoms with van der Waals surface area (Å²) in [5, 5.41) is 14.4. The lowest BCUT2D eigenvalue weighted by Crippen LogP contribution is -2.41. The third kappa shape index (κ3) is 4.70. The Morgan fingerprint density at radius 2 is 1.84 bits per heavy atom. The van der Waals surface area contributed by atoms with Crippen molar-refractivity contribution in [2.24, 2.45) is 0 Å². The third-order valence-corrected chi connectivity index (χ3v) is 4.67. The molecule has 1 unspecified atom stereocenters. The maximum atomic E-state index is 11.9. The van der Waals surface area contributed by atoms with Gasteiger partial charge < -0.3 is 25.2 Å². The smallest absolute Gasteiger partial charge is 0.335 e. The Kier molecular flexibility index (Phi) is 5.55. The Morgan fingerprint density at radius 3 is 2.52 bits per heavy atom. The Hall–Kier alpha value is -2.12. The highest BCUT2D eigenvalue weighted by molar-refractivity contribution is 5.87. The molecule has 3 rings (SSSR count). The molecule has 7 nitrogen and oxygen atoms in total. The molecule has 2 amide bonds. The SMILES string of the molecule is O=C(NCc1ccc(C(=O)O)cc1)NCC1COC2(CCCCC2)O1. The van der Waals surface area contributed by atoms with Crippen LogP contribution in [0.25, 0.3) is 0 Å². The number of aromatic carboxylic acids is 1. The van der Waals surface area contributed by atoms with E-state index in [1.165, 1.54) is 18.6 Å². The molecule has 7 heteroatoms.